The van der Waals surface area contributed by atoms with Crippen molar-refractivity contribution in [2.75, 3.05) is 13.6 Å². The van der Waals surface area contributed by atoms with E-state index >= 15 is 0 Å². The molecule has 0 amide bonds. The van der Waals surface area contributed by atoms with Crippen LogP contribution in [0.2, 0.25) is 0 Å². The molecule has 2 rings (SSSR count). The molecule has 0 unspecified atom stereocenters. The minimum atomic E-state index is 0.224. The van der Waals surface area contributed by atoms with Gasteiger partial charge < -0.3 is 5.73 Å². The van der Waals surface area contributed by atoms with E-state index in [9.17, 15) is 0 Å². The summed E-state index contributed by atoms with van der Waals surface area (Å²) >= 11 is 1.67. The van der Waals surface area contributed by atoms with Gasteiger partial charge in [0.1, 0.15) is 0 Å². The number of aromatic nitrogens is 1. The number of hydrogen-bond donors (Lipinski definition) is 1. The van der Waals surface area contributed by atoms with Crippen molar-refractivity contribution < 1.29 is 0 Å². The van der Waals surface area contributed by atoms with Crippen molar-refractivity contribution in [1.29, 1.82) is 0 Å². The lowest BCUT2D eigenvalue weighted by atomic mass is 9.80. The molecule has 0 aromatic carbocycles. The molecule has 0 bridgehead atoms. The molecule has 1 saturated carbocycles. The van der Waals surface area contributed by atoms with Gasteiger partial charge in [-0.3, -0.25) is 4.90 Å². The number of nitrogens with two attached hydrogens (primary N) is 1. The Bertz CT molecular complexity index is 304. The van der Waals surface area contributed by atoms with E-state index in [2.05, 4.69) is 22.3 Å². The van der Waals surface area contributed by atoms with Gasteiger partial charge in [0.15, 0.2) is 0 Å². The molecule has 1 fully saturated rings. The molecule has 90 valence electrons. The molecule has 0 spiro atoms. The van der Waals surface area contributed by atoms with Gasteiger partial charge in [-0.2, -0.15) is 0 Å². The summed E-state index contributed by atoms with van der Waals surface area (Å²) < 4.78 is 0. The Hall–Kier alpha value is -0.450. The van der Waals surface area contributed by atoms with Gasteiger partial charge in [-0.05, 0) is 19.9 Å². The van der Waals surface area contributed by atoms with Gasteiger partial charge >= 0.3 is 0 Å². The number of likely N-dealkylation sites (N-methyl/N-ethyl adjacent to an activating group) is 1. The summed E-state index contributed by atoms with van der Waals surface area (Å²) in [4.78, 5) is 6.77. The van der Waals surface area contributed by atoms with E-state index in [1.807, 2.05) is 5.51 Å². The number of hydrogen-bond acceptors (Lipinski definition) is 4. The van der Waals surface area contributed by atoms with E-state index in [1.54, 1.807) is 11.3 Å². The van der Waals surface area contributed by atoms with Crippen LogP contribution >= 0.6 is 11.3 Å². The van der Waals surface area contributed by atoms with Crippen LogP contribution in [-0.2, 0) is 6.54 Å². The first-order valence-electron chi connectivity index (χ1n) is 6.05. The fourth-order valence-corrected chi connectivity index (χ4v) is 3.23. The minimum absolute atomic E-state index is 0.224. The number of nitrogens with zero attached hydrogens (tertiary/aromatic N) is 2. The highest BCUT2D eigenvalue weighted by Gasteiger charge is 2.34. The largest absolute Gasteiger partial charge is 0.329 e. The Morgan fingerprint density at radius 2 is 2.19 bits per heavy atom. The Morgan fingerprint density at radius 3 is 2.75 bits per heavy atom. The van der Waals surface area contributed by atoms with Crippen LogP contribution in [0.1, 0.15) is 37.8 Å². The zero-order valence-electron chi connectivity index (χ0n) is 9.98. The number of rotatable bonds is 4. The fraction of sp³-hybridized carbons (Fsp3) is 0.750. The normalized spacial score (nSPS) is 20.2. The van der Waals surface area contributed by atoms with Crippen molar-refractivity contribution in [3.8, 4) is 0 Å². The van der Waals surface area contributed by atoms with Gasteiger partial charge in [-0.25, -0.2) is 4.98 Å². The Labute approximate surface area is 102 Å². The van der Waals surface area contributed by atoms with Crippen molar-refractivity contribution in [2.45, 2.75) is 44.2 Å². The van der Waals surface area contributed by atoms with Crippen LogP contribution < -0.4 is 5.73 Å². The van der Waals surface area contributed by atoms with Crippen LogP contribution in [-0.4, -0.2) is 29.0 Å². The zero-order valence-corrected chi connectivity index (χ0v) is 10.8. The van der Waals surface area contributed by atoms with Gasteiger partial charge in [-0.15, -0.1) is 11.3 Å². The van der Waals surface area contributed by atoms with Crippen LogP contribution in [0.15, 0.2) is 10.9 Å². The SMILES string of the molecule is CN(Cc1cscn1)C1(CN)CCCCC1. The zero-order chi connectivity index (χ0) is 11.4. The quantitative estimate of drug-likeness (QED) is 0.876. The molecule has 16 heavy (non-hydrogen) atoms. The summed E-state index contributed by atoms with van der Waals surface area (Å²) in [5, 5.41) is 2.13. The third-order valence-corrected chi connectivity index (χ3v) is 4.49. The molecular formula is C12H21N3S. The van der Waals surface area contributed by atoms with E-state index in [0.717, 1.165) is 13.1 Å². The van der Waals surface area contributed by atoms with Crippen molar-refractivity contribution >= 4 is 11.3 Å². The Morgan fingerprint density at radius 1 is 1.44 bits per heavy atom. The van der Waals surface area contributed by atoms with Crippen molar-refractivity contribution in [2.24, 2.45) is 5.73 Å². The van der Waals surface area contributed by atoms with Crippen molar-refractivity contribution in [1.82, 2.24) is 9.88 Å². The third-order valence-electron chi connectivity index (χ3n) is 3.86. The fourth-order valence-electron chi connectivity index (χ4n) is 2.68. The highest BCUT2D eigenvalue weighted by atomic mass is 32.1. The molecule has 1 aromatic rings. The van der Waals surface area contributed by atoms with Gasteiger partial charge in [0.05, 0.1) is 11.2 Å². The highest BCUT2D eigenvalue weighted by molar-refractivity contribution is 7.07. The molecule has 0 saturated heterocycles. The molecule has 0 radical (unpaired) electrons. The second kappa shape index (κ2) is 5.25. The van der Waals surface area contributed by atoms with Crippen molar-refractivity contribution in [3.63, 3.8) is 0 Å². The third kappa shape index (κ3) is 2.44. The monoisotopic (exact) mass is 239 g/mol. The number of thiazole rings is 1. The average Bonchev–Trinajstić information content (AvgIpc) is 2.82. The minimum Gasteiger partial charge on any atom is -0.329 e. The lowest BCUT2D eigenvalue weighted by Crippen LogP contribution is -2.52. The maximum absolute atomic E-state index is 6.01. The second-order valence-corrected chi connectivity index (χ2v) is 5.54. The van der Waals surface area contributed by atoms with Crippen LogP contribution in [0.3, 0.4) is 0 Å². The average molecular weight is 239 g/mol. The summed E-state index contributed by atoms with van der Waals surface area (Å²) in [6.45, 7) is 1.70. The lowest BCUT2D eigenvalue weighted by Gasteiger charge is -2.43. The standard InChI is InChI=1S/C12H21N3S/c1-15(7-11-8-16-10-14-11)12(9-13)5-3-2-4-6-12/h8,10H,2-7,9,13H2,1H3. The molecule has 4 heteroatoms. The smallest absolute Gasteiger partial charge is 0.0795 e. The van der Waals surface area contributed by atoms with E-state index in [4.69, 9.17) is 5.73 Å². The Balaban J connectivity index is 2.02. The first-order chi connectivity index (χ1) is 7.77. The van der Waals surface area contributed by atoms with Crippen LogP contribution in [0, 0.1) is 0 Å². The predicted octanol–water partition coefficient (Wildman–Crippen LogP) is 2.24. The van der Waals surface area contributed by atoms with E-state index < -0.39 is 0 Å². The summed E-state index contributed by atoms with van der Waals surface area (Å²) in [6, 6.07) is 0. The van der Waals surface area contributed by atoms with Gasteiger partial charge in [0.25, 0.3) is 0 Å². The molecule has 0 aliphatic heterocycles. The summed E-state index contributed by atoms with van der Waals surface area (Å²) in [5.41, 5.74) is 9.31. The molecule has 3 nitrogen and oxygen atoms in total. The maximum Gasteiger partial charge on any atom is 0.0795 e. The molecule has 0 atom stereocenters. The maximum atomic E-state index is 6.01. The summed E-state index contributed by atoms with van der Waals surface area (Å²) in [7, 11) is 2.19. The molecule has 1 aliphatic rings. The van der Waals surface area contributed by atoms with E-state index in [-0.39, 0.29) is 5.54 Å². The highest BCUT2D eigenvalue weighted by Crippen LogP contribution is 2.32. The molecular weight excluding hydrogens is 218 g/mol. The molecule has 1 aliphatic carbocycles. The van der Waals surface area contributed by atoms with Crippen LogP contribution in [0.25, 0.3) is 0 Å². The lowest BCUT2D eigenvalue weighted by molar-refractivity contribution is 0.0749. The van der Waals surface area contributed by atoms with Crippen LogP contribution in [0.4, 0.5) is 0 Å². The van der Waals surface area contributed by atoms with Crippen molar-refractivity contribution in [3.05, 3.63) is 16.6 Å². The molecule has 1 heterocycles. The summed E-state index contributed by atoms with van der Waals surface area (Å²) in [5.74, 6) is 0. The second-order valence-electron chi connectivity index (χ2n) is 4.82. The molecule has 2 N–H and O–H groups in total. The van der Waals surface area contributed by atoms with E-state index in [0.29, 0.717) is 0 Å². The Kier molecular flexibility index (Phi) is 3.95. The topological polar surface area (TPSA) is 42.2 Å². The van der Waals surface area contributed by atoms with E-state index in [1.165, 1.54) is 37.8 Å². The molecule has 1 aromatic heterocycles. The summed E-state index contributed by atoms with van der Waals surface area (Å²) in [6.07, 6.45) is 6.48. The van der Waals surface area contributed by atoms with Gasteiger partial charge in [0, 0.05) is 24.0 Å². The first kappa shape index (κ1) is 12.0. The first-order valence-corrected chi connectivity index (χ1v) is 6.99. The van der Waals surface area contributed by atoms with Crippen LogP contribution in [0.5, 0.6) is 0 Å². The van der Waals surface area contributed by atoms with Gasteiger partial charge in [-0.1, -0.05) is 19.3 Å². The van der Waals surface area contributed by atoms with Gasteiger partial charge in [0.2, 0.25) is 0 Å². The predicted molar refractivity (Wildman–Crippen MR) is 68.5 cm³/mol.